The van der Waals surface area contributed by atoms with Gasteiger partial charge in [-0.15, -0.1) is 0 Å². The van der Waals surface area contributed by atoms with Crippen LogP contribution in [0.4, 0.5) is 11.4 Å². The second-order valence-electron chi connectivity index (χ2n) is 5.09. The van der Waals surface area contributed by atoms with Gasteiger partial charge in [0.25, 0.3) is 0 Å². The molecule has 1 aromatic carbocycles. The van der Waals surface area contributed by atoms with Gasteiger partial charge in [0.2, 0.25) is 0 Å². The summed E-state index contributed by atoms with van der Waals surface area (Å²) < 4.78 is 0. The van der Waals surface area contributed by atoms with E-state index in [0.717, 1.165) is 16.6 Å². The molecule has 1 saturated carbocycles. The molecule has 0 amide bonds. The fourth-order valence-corrected chi connectivity index (χ4v) is 3.12. The van der Waals surface area contributed by atoms with Crippen molar-refractivity contribution >= 4 is 23.0 Å². The zero-order chi connectivity index (χ0) is 12.4. The Kier molecular flexibility index (Phi) is 3.82. The Bertz CT molecular complexity index is 392. The molecule has 0 aliphatic heterocycles. The number of nitrogens with one attached hydrogen (secondary N) is 1. The lowest BCUT2D eigenvalue weighted by molar-refractivity contribution is 0.392. The van der Waals surface area contributed by atoms with Crippen LogP contribution in [0.1, 0.15) is 33.1 Å². The summed E-state index contributed by atoms with van der Waals surface area (Å²) >= 11 is 6.18. The van der Waals surface area contributed by atoms with Crippen LogP contribution in [-0.2, 0) is 0 Å². The zero-order valence-electron chi connectivity index (χ0n) is 10.5. The fourth-order valence-electron chi connectivity index (χ4n) is 2.88. The van der Waals surface area contributed by atoms with Crippen molar-refractivity contribution in [1.29, 1.82) is 0 Å². The van der Waals surface area contributed by atoms with Crippen LogP contribution in [0.3, 0.4) is 0 Å². The normalized spacial score (nSPS) is 28.3. The molecule has 0 aromatic heterocycles. The van der Waals surface area contributed by atoms with Crippen molar-refractivity contribution in [2.45, 2.75) is 39.2 Å². The maximum absolute atomic E-state index is 6.18. The number of benzene rings is 1. The highest BCUT2D eigenvalue weighted by molar-refractivity contribution is 6.33. The third kappa shape index (κ3) is 2.68. The maximum atomic E-state index is 6.18. The molecule has 0 radical (unpaired) electrons. The molecule has 0 bridgehead atoms. The lowest BCUT2D eigenvalue weighted by Gasteiger charge is -2.22. The first-order valence-corrected chi connectivity index (χ1v) is 6.81. The Hall–Kier alpha value is -0.890. The second kappa shape index (κ2) is 5.18. The molecule has 0 heterocycles. The minimum Gasteiger partial charge on any atom is -0.399 e. The van der Waals surface area contributed by atoms with Crippen LogP contribution in [-0.4, -0.2) is 6.04 Å². The smallest absolute Gasteiger partial charge is 0.0658 e. The van der Waals surface area contributed by atoms with Crippen molar-refractivity contribution in [2.75, 3.05) is 11.1 Å². The van der Waals surface area contributed by atoms with E-state index in [0.29, 0.717) is 17.6 Å². The van der Waals surface area contributed by atoms with Gasteiger partial charge in [0.15, 0.2) is 0 Å². The number of rotatable bonds is 3. The quantitative estimate of drug-likeness (QED) is 0.793. The largest absolute Gasteiger partial charge is 0.399 e. The molecule has 1 aliphatic rings. The van der Waals surface area contributed by atoms with Crippen LogP contribution in [0.5, 0.6) is 0 Å². The number of hydrogen-bond acceptors (Lipinski definition) is 2. The van der Waals surface area contributed by atoms with E-state index in [1.807, 2.05) is 12.1 Å². The first-order chi connectivity index (χ1) is 8.11. The molecule has 3 heteroatoms. The predicted molar refractivity (Wildman–Crippen MR) is 75.5 cm³/mol. The molecule has 3 N–H and O–H groups in total. The van der Waals surface area contributed by atoms with Crippen LogP contribution in [0.15, 0.2) is 18.2 Å². The minimum atomic E-state index is 0.543. The molecule has 0 saturated heterocycles. The van der Waals surface area contributed by atoms with E-state index in [9.17, 15) is 0 Å². The Balaban J connectivity index is 2.06. The summed E-state index contributed by atoms with van der Waals surface area (Å²) in [6.07, 6.45) is 3.83. The summed E-state index contributed by atoms with van der Waals surface area (Å²) in [5.74, 6) is 1.56. The van der Waals surface area contributed by atoms with Gasteiger partial charge in [-0.05, 0) is 42.9 Å². The molecule has 1 aromatic rings. The SMILES string of the molecule is CCC1CCC(Nc2ccc(N)cc2Cl)C1C. The van der Waals surface area contributed by atoms with Gasteiger partial charge < -0.3 is 11.1 Å². The zero-order valence-corrected chi connectivity index (χ0v) is 11.3. The van der Waals surface area contributed by atoms with E-state index in [1.54, 1.807) is 6.07 Å². The van der Waals surface area contributed by atoms with Crippen LogP contribution in [0.2, 0.25) is 5.02 Å². The Morgan fingerprint density at radius 1 is 1.41 bits per heavy atom. The Morgan fingerprint density at radius 2 is 2.18 bits per heavy atom. The van der Waals surface area contributed by atoms with Gasteiger partial charge in [-0.1, -0.05) is 31.9 Å². The van der Waals surface area contributed by atoms with Gasteiger partial charge >= 0.3 is 0 Å². The maximum Gasteiger partial charge on any atom is 0.0658 e. The van der Waals surface area contributed by atoms with E-state index in [1.165, 1.54) is 19.3 Å². The van der Waals surface area contributed by atoms with Gasteiger partial charge in [-0.3, -0.25) is 0 Å². The summed E-state index contributed by atoms with van der Waals surface area (Å²) in [6, 6.07) is 6.22. The summed E-state index contributed by atoms with van der Waals surface area (Å²) in [5.41, 5.74) is 7.42. The summed E-state index contributed by atoms with van der Waals surface area (Å²) in [7, 11) is 0. The second-order valence-corrected chi connectivity index (χ2v) is 5.50. The molecule has 0 spiro atoms. The molecule has 2 nitrogen and oxygen atoms in total. The van der Waals surface area contributed by atoms with E-state index in [2.05, 4.69) is 19.2 Å². The van der Waals surface area contributed by atoms with Crippen molar-refractivity contribution in [3.8, 4) is 0 Å². The van der Waals surface area contributed by atoms with Crippen molar-refractivity contribution in [3.63, 3.8) is 0 Å². The van der Waals surface area contributed by atoms with Gasteiger partial charge in [0.05, 0.1) is 10.7 Å². The standard InChI is InChI=1S/C14H21ClN2/c1-3-10-4-6-13(9(10)2)17-14-7-5-11(16)8-12(14)15/h5,7-10,13,17H,3-4,6,16H2,1-2H3. The van der Waals surface area contributed by atoms with Gasteiger partial charge in [-0.25, -0.2) is 0 Å². The van der Waals surface area contributed by atoms with E-state index in [4.69, 9.17) is 17.3 Å². The molecule has 94 valence electrons. The third-order valence-electron chi connectivity index (χ3n) is 4.09. The average Bonchev–Trinajstić information content (AvgIpc) is 2.64. The van der Waals surface area contributed by atoms with Crippen molar-refractivity contribution < 1.29 is 0 Å². The van der Waals surface area contributed by atoms with Gasteiger partial charge in [0, 0.05) is 11.7 Å². The molecular weight excluding hydrogens is 232 g/mol. The van der Waals surface area contributed by atoms with E-state index in [-0.39, 0.29) is 0 Å². The topological polar surface area (TPSA) is 38.0 Å². The third-order valence-corrected chi connectivity index (χ3v) is 4.40. The number of anilines is 2. The first-order valence-electron chi connectivity index (χ1n) is 6.43. The molecule has 17 heavy (non-hydrogen) atoms. The van der Waals surface area contributed by atoms with Crippen LogP contribution in [0.25, 0.3) is 0 Å². The van der Waals surface area contributed by atoms with Crippen LogP contribution in [0, 0.1) is 11.8 Å². The number of hydrogen-bond donors (Lipinski definition) is 2. The summed E-state index contributed by atoms with van der Waals surface area (Å²) in [5, 5.41) is 4.28. The highest BCUT2D eigenvalue weighted by atomic mass is 35.5. The number of nitrogens with two attached hydrogens (primary N) is 1. The predicted octanol–water partition coefficient (Wildman–Crippen LogP) is 4.16. The van der Waals surface area contributed by atoms with Gasteiger partial charge in [-0.2, -0.15) is 0 Å². The fraction of sp³-hybridized carbons (Fsp3) is 0.571. The Labute approximate surface area is 109 Å². The molecule has 1 fully saturated rings. The lowest BCUT2D eigenvalue weighted by atomic mass is 9.93. The van der Waals surface area contributed by atoms with E-state index >= 15 is 0 Å². The molecule has 3 atom stereocenters. The highest BCUT2D eigenvalue weighted by Gasteiger charge is 2.31. The molecular formula is C14H21ClN2. The van der Waals surface area contributed by atoms with E-state index < -0.39 is 0 Å². The first kappa shape index (κ1) is 12.6. The van der Waals surface area contributed by atoms with Crippen molar-refractivity contribution in [3.05, 3.63) is 23.2 Å². The van der Waals surface area contributed by atoms with Crippen LogP contribution >= 0.6 is 11.6 Å². The van der Waals surface area contributed by atoms with Crippen molar-refractivity contribution in [2.24, 2.45) is 11.8 Å². The van der Waals surface area contributed by atoms with Crippen molar-refractivity contribution in [1.82, 2.24) is 0 Å². The highest BCUT2D eigenvalue weighted by Crippen LogP contribution is 2.37. The summed E-state index contributed by atoms with van der Waals surface area (Å²) in [4.78, 5) is 0. The Morgan fingerprint density at radius 3 is 2.76 bits per heavy atom. The molecule has 1 aliphatic carbocycles. The summed E-state index contributed by atoms with van der Waals surface area (Å²) in [6.45, 7) is 4.61. The average molecular weight is 253 g/mol. The van der Waals surface area contributed by atoms with Crippen LogP contribution < -0.4 is 11.1 Å². The lowest BCUT2D eigenvalue weighted by Crippen LogP contribution is -2.24. The minimum absolute atomic E-state index is 0.543. The molecule has 2 rings (SSSR count). The number of nitrogen functional groups attached to an aromatic ring is 1. The monoisotopic (exact) mass is 252 g/mol. The van der Waals surface area contributed by atoms with Gasteiger partial charge in [0.1, 0.15) is 0 Å². The molecule has 3 unspecified atom stereocenters. The number of halogens is 1.